The number of likely N-dealkylation sites (tertiary alicyclic amines) is 1. The molecule has 1 aliphatic heterocycles. The first kappa shape index (κ1) is 25.5. The molecule has 0 bridgehead atoms. The van der Waals surface area contributed by atoms with Crippen molar-refractivity contribution in [3.05, 3.63) is 17.2 Å². The molecule has 1 aromatic carbocycles. The number of rotatable bonds is 5. The smallest absolute Gasteiger partial charge is 0.471 e. The van der Waals surface area contributed by atoms with Crippen molar-refractivity contribution in [2.24, 2.45) is 5.92 Å². The lowest BCUT2D eigenvalue weighted by Crippen LogP contribution is -2.46. The van der Waals surface area contributed by atoms with E-state index in [0.717, 1.165) is 10.1 Å². The lowest BCUT2D eigenvalue weighted by Gasteiger charge is -2.32. The van der Waals surface area contributed by atoms with Crippen molar-refractivity contribution in [1.29, 1.82) is 0 Å². The minimum atomic E-state index is -4.94. The summed E-state index contributed by atoms with van der Waals surface area (Å²) in [5.74, 6) is -0.334. The van der Waals surface area contributed by atoms with Gasteiger partial charge >= 0.3 is 12.1 Å². The maximum Gasteiger partial charge on any atom is 0.471 e. The van der Waals surface area contributed by atoms with Gasteiger partial charge in [-0.1, -0.05) is 25.6 Å². The molecule has 32 heavy (non-hydrogen) atoms. The molecule has 2 amide bonds. The van der Waals surface area contributed by atoms with Crippen LogP contribution in [0.15, 0.2) is 6.07 Å². The Kier molecular flexibility index (Phi) is 7.45. The predicted molar refractivity (Wildman–Crippen MR) is 118 cm³/mol. The predicted octanol–water partition coefficient (Wildman–Crippen LogP) is 3.16. The summed E-state index contributed by atoms with van der Waals surface area (Å²) < 4.78 is 43.6. The van der Waals surface area contributed by atoms with Crippen LogP contribution in [0.2, 0.25) is 19.6 Å². The van der Waals surface area contributed by atoms with Crippen LogP contribution in [0.5, 0.6) is 5.75 Å². The van der Waals surface area contributed by atoms with E-state index in [0.29, 0.717) is 11.3 Å². The minimum Gasteiger partial charge on any atom is -0.496 e. The van der Waals surface area contributed by atoms with Gasteiger partial charge in [0, 0.05) is 43.2 Å². The standard InChI is InChI=1S/C22H27F3N2O4Si/c1-7-15-18(17(31-3)12-16(26-13(2)28)20(15)32(4,5)6)19(29)14-8-10-27(11-9-14)21(30)22(23,24)25/h1,12,14H,8-11H2,2-6H3,(H,26,28). The number of carbonyl (C=O) groups excluding carboxylic acids is 3. The number of ketones is 1. The number of nitrogens with zero attached hydrogens (tertiary/aromatic N) is 1. The first-order valence-electron chi connectivity index (χ1n) is 10.1. The van der Waals surface area contributed by atoms with Crippen molar-refractivity contribution in [3.8, 4) is 18.1 Å². The Morgan fingerprint density at radius 3 is 2.19 bits per heavy atom. The topological polar surface area (TPSA) is 75.7 Å². The second-order valence-corrected chi connectivity index (χ2v) is 13.8. The van der Waals surface area contributed by atoms with Crippen molar-refractivity contribution < 1.29 is 32.3 Å². The number of methoxy groups -OCH3 is 1. The van der Waals surface area contributed by atoms with Crippen LogP contribution in [0, 0.1) is 18.3 Å². The van der Waals surface area contributed by atoms with Gasteiger partial charge < -0.3 is 15.0 Å². The first-order chi connectivity index (χ1) is 14.7. The number of alkyl halides is 3. The van der Waals surface area contributed by atoms with Gasteiger partial charge in [0.2, 0.25) is 5.91 Å². The van der Waals surface area contributed by atoms with E-state index in [1.807, 2.05) is 19.6 Å². The average molecular weight is 469 g/mol. The van der Waals surface area contributed by atoms with E-state index in [1.54, 1.807) is 6.07 Å². The molecule has 1 heterocycles. The Bertz CT molecular complexity index is 969. The molecular weight excluding hydrogens is 441 g/mol. The zero-order valence-corrected chi connectivity index (χ0v) is 19.8. The minimum absolute atomic E-state index is 0.0869. The summed E-state index contributed by atoms with van der Waals surface area (Å²) in [7, 11) is -0.785. The fourth-order valence-electron chi connectivity index (χ4n) is 4.00. The normalized spacial score (nSPS) is 15.2. The maximum absolute atomic E-state index is 13.5. The molecule has 0 unspecified atom stereocenters. The van der Waals surface area contributed by atoms with Gasteiger partial charge in [-0.15, -0.1) is 6.42 Å². The molecule has 1 aliphatic rings. The van der Waals surface area contributed by atoms with E-state index in [-0.39, 0.29) is 48.9 Å². The highest BCUT2D eigenvalue weighted by Crippen LogP contribution is 2.33. The van der Waals surface area contributed by atoms with Crippen molar-refractivity contribution in [2.45, 2.75) is 45.6 Å². The molecular formula is C22H27F3N2O4Si. The zero-order valence-electron chi connectivity index (χ0n) is 18.8. The number of amides is 2. The van der Waals surface area contributed by atoms with Crippen LogP contribution in [0.25, 0.3) is 0 Å². The summed E-state index contributed by atoms with van der Waals surface area (Å²) in [5, 5.41) is 3.49. The third-order valence-corrected chi connectivity index (χ3v) is 7.38. The number of nitrogens with one attached hydrogen (secondary N) is 1. The number of benzene rings is 1. The van der Waals surface area contributed by atoms with Crippen LogP contribution in [0.4, 0.5) is 18.9 Å². The van der Waals surface area contributed by atoms with Crippen molar-refractivity contribution >= 4 is 36.5 Å². The van der Waals surface area contributed by atoms with Gasteiger partial charge in [0.1, 0.15) is 5.75 Å². The number of carbonyl (C=O) groups is 3. The summed E-state index contributed by atoms with van der Waals surface area (Å²) in [5.41, 5.74) is 1.02. The van der Waals surface area contributed by atoms with Crippen molar-refractivity contribution in [2.75, 3.05) is 25.5 Å². The number of piperidine rings is 1. The number of hydrogen-bond acceptors (Lipinski definition) is 4. The SMILES string of the molecule is C#Cc1c(C(=O)C2CCN(C(=O)C(F)(F)F)CC2)c(OC)cc(NC(C)=O)c1[Si](C)(C)C. The highest BCUT2D eigenvalue weighted by atomic mass is 28.3. The number of anilines is 1. The summed E-state index contributed by atoms with van der Waals surface area (Å²) in [4.78, 5) is 37.4. The maximum atomic E-state index is 13.5. The largest absolute Gasteiger partial charge is 0.496 e. The molecule has 0 aliphatic carbocycles. The zero-order chi connectivity index (χ0) is 24.4. The summed E-state index contributed by atoms with van der Waals surface area (Å²) in [6, 6.07) is 1.57. The lowest BCUT2D eigenvalue weighted by atomic mass is 9.86. The molecule has 1 N–H and O–H groups in total. The van der Waals surface area contributed by atoms with E-state index in [9.17, 15) is 27.6 Å². The van der Waals surface area contributed by atoms with E-state index in [1.165, 1.54) is 14.0 Å². The Hall–Kier alpha value is -2.80. The third kappa shape index (κ3) is 5.33. The molecule has 6 nitrogen and oxygen atoms in total. The van der Waals surface area contributed by atoms with E-state index >= 15 is 0 Å². The summed E-state index contributed by atoms with van der Waals surface area (Å²) in [6.07, 6.45) is 1.05. The molecule has 0 spiro atoms. The Morgan fingerprint density at radius 1 is 1.22 bits per heavy atom. The molecule has 1 fully saturated rings. The van der Waals surface area contributed by atoms with Crippen LogP contribution < -0.4 is 15.2 Å². The molecule has 0 radical (unpaired) electrons. The van der Waals surface area contributed by atoms with Gasteiger partial charge in [-0.25, -0.2) is 0 Å². The highest BCUT2D eigenvalue weighted by Gasteiger charge is 2.44. The van der Waals surface area contributed by atoms with Gasteiger partial charge in [0.15, 0.2) is 5.78 Å². The van der Waals surface area contributed by atoms with Gasteiger partial charge in [-0.3, -0.25) is 14.4 Å². The molecule has 0 atom stereocenters. The van der Waals surface area contributed by atoms with Crippen molar-refractivity contribution in [3.63, 3.8) is 0 Å². The highest BCUT2D eigenvalue weighted by molar-refractivity contribution is 6.90. The quantitative estimate of drug-likeness (QED) is 0.409. The van der Waals surface area contributed by atoms with Crippen LogP contribution in [-0.4, -0.2) is 56.9 Å². The fraction of sp³-hybridized carbons (Fsp3) is 0.500. The van der Waals surface area contributed by atoms with E-state index in [4.69, 9.17) is 11.2 Å². The second-order valence-electron chi connectivity index (χ2n) is 8.76. The van der Waals surface area contributed by atoms with E-state index in [2.05, 4.69) is 11.2 Å². The number of ether oxygens (including phenoxy) is 1. The Labute approximate surface area is 186 Å². The molecule has 2 rings (SSSR count). The molecule has 10 heteroatoms. The van der Waals surface area contributed by atoms with Gasteiger partial charge in [0.05, 0.1) is 20.7 Å². The molecule has 0 saturated carbocycles. The van der Waals surface area contributed by atoms with Crippen molar-refractivity contribution in [1.82, 2.24) is 4.90 Å². The average Bonchev–Trinajstić information content (AvgIpc) is 2.69. The van der Waals surface area contributed by atoms with Gasteiger partial charge in [-0.2, -0.15) is 13.2 Å². The molecule has 1 aromatic rings. The van der Waals surface area contributed by atoms with E-state index < -0.39 is 26.1 Å². The monoisotopic (exact) mass is 468 g/mol. The van der Waals surface area contributed by atoms with Crippen LogP contribution in [0.3, 0.4) is 0 Å². The Balaban J connectivity index is 2.49. The number of halogens is 3. The van der Waals surface area contributed by atoms with Gasteiger partial charge in [-0.05, 0) is 18.0 Å². The lowest BCUT2D eigenvalue weighted by molar-refractivity contribution is -0.186. The number of hydrogen-bond donors (Lipinski definition) is 1. The molecule has 0 aromatic heterocycles. The second kappa shape index (κ2) is 9.36. The summed E-state index contributed by atoms with van der Waals surface area (Å²) in [6.45, 7) is 7.09. The third-order valence-electron chi connectivity index (χ3n) is 5.36. The van der Waals surface area contributed by atoms with Crippen LogP contribution >= 0.6 is 0 Å². The number of terminal acetylenes is 1. The molecule has 174 valence electrons. The van der Waals surface area contributed by atoms with Gasteiger partial charge in [0.25, 0.3) is 0 Å². The summed E-state index contributed by atoms with van der Waals surface area (Å²) >= 11 is 0. The Morgan fingerprint density at radius 2 is 1.78 bits per heavy atom. The van der Waals surface area contributed by atoms with Crippen LogP contribution in [-0.2, 0) is 9.59 Å². The fourth-order valence-corrected chi connectivity index (χ4v) is 5.89. The number of Topliss-reactive ketones (excluding diaryl/α,β-unsaturated/α-hetero) is 1. The van der Waals surface area contributed by atoms with Crippen LogP contribution in [0.1, 0.15) is 35.7 Å². The molecule has 1 saturated heterocycles. The first-order valence-corrected chi connectivity index (χ1v) is 13.6.